The molecule has 1 aromatic heterocycles. The number of piperidine rings is 1. The van der Waals surface area contributed by atoms with Gasteiger partial charge in [0.2, 0.25) is 5.95 Å². The SMILES string of the molecule is CCC1CN(c2ncccn2)CC2(CCN(C(=O)c3ccc(SC(F)F)cc3)CC2)O1. The molecule has 4 rings (SSSR count). The van der Waals surface area contributed by atoms with Crippen LogP contribution in [0, 0.1) is 0 Å². The van der Waals surface area contributed by atoms with Crippen LogP contribution >= 0.6 is 11.8 Å². The van der Waals surface area contributed by atoms with Crippen molar-refractivity contribution in [3.8, 4) is 0 Å². The Morgan fingerprint density at radius 1 is 1.23 bits per heavy atom. The highest BCUT2D eigenvalue weighted by atomic mass is 32.2. The first-order valence-corrected chi connectivity index (χ1v) is 11.4. The summed E-state index contributed by atoms with van der Waals surface area (Å²) in [6.45, 7) is 4.75. The summed E-state index contributed by atoms with van der Waals surface area (Å²) in [5.41, 5.74) is 0.192. The van der Waals surface area contributed by atoms with Gasteiger partial charge < -0.3 is 14.5 Å². The first-order valence-electron chi connectivity index (χ1n) is 10.5. The van der Waals surface area contributed by atoms with Crippen LogP contribution < -0.4 is 4.90 Å². The molecule has 2 aromatic rings. The number of likely N-dealkylation sites (tertiary alicyclic amines) is 1. The highest BCUT2D eigenvalue weighted by molar-refractivity contribution is 7.99. The zero-order valence-corrected chi connectivity index (χ0v) is 18.2. The molecule has 0 radical (unpaired) electrons. The summed E-state index contributed by atoms with van der Waals surface area (Å²) >= 11 is 0.480. The lowest BCUT2D eigenvalue weighted by Gasteiger charge is -2.50. The van der Waals surface area contributed by atoms with E-state index in [4.69, 9.17) is 4.74 Å². The molecule has 0 saturated carbocycles. The summed E-state index contributed by atoms with van der Waals surface area (Å²) in [6, 6.07) is 8.19. The molecule has 31 heavy (non-hydrogen) atoms. The molecule has 166 valence electrons. The molecule has 1 spiro atoms. The molecule has 1 atom stereocenters. The smallest absolute Gasteiger partial charge is 0.288 e. The van der Waals surface area contributed by atoms with Crippen LogP contribution in [-0.4, -0.2) is 64.4 Å². The van der Waals surface area contributed by atoms with E-state index in [9.17, 15) is 13.6 Å². The van der Waals surface area contributed by atoms with Gasteiger partial charge in [-0.1, -0.05) is 18.7 Å². The molecule has 2 saturated heterocycles. The highest BCUT2D eigenvalue weighted by Gasteiger charge is 2.44. The van der Waals surface area contributed by atoms with E-state index >= 15 is 0 Å². The Hall–Kier alpha value is -2.26. The van der Waals surface area contributed by atoms with Gasteiger partial charge in [0.15, 0.2) is 0 Å². The molecule has 0 N–H and O–H groups in total. The number of aromatic nitrogens is 2. The highest BCUT2D eigenvalue weighted by Crippen LogP contribution is 2.35. The largest absolute Gasteiger partial charge is 0.368 e. The van der Waals surface area contributed by atoms with Crippen molar-refractivity contribution in [3.05, 3.63) is 48.3 Å². The average molecular weight is 449 g/mol. The second kappa shape index (κ2) is 9.48. The molecule has 3 heterocycles. The van der Waals surface area contributed by atoms with Crippen molar-refractivity contribution in [1.82, 2.24) is 14.9 Å². The number of carbonyl (C=O) groups is 1. The molecule has 0 aliphatic carbocycles. The van der Waals surface area contributed by atoms with Gasteiger partial charge in [0, 0.05) is 42.5 Å². The second-order valence-corrected chi connectivity index (χ2v) is 9.02. The van der Waals surface area contributed by atoms with Crippen molar-refractivity contribution >= 4 is 23.6 Å². The fourth-order valence-electron chi connectivity index (χ4n) is 4.26. The number of halogens is 2. The van der Waals surface area contributed by atoms with E-state index in [1.165, 1.54) is 0 Å². The summed E-state index contributed by atoms with van der Waals surface area (Å²) in [6.07, 6.45) is 5.96. The Balaban J connectivity index is 1.41. The molecule has 1 aromatic carbocycles. The van der Waals surface area contributed by atoms with Gasteiger partial charge in [-0.05, 0) is 49.6 Å². The number of thioether (sulfide) groups is 1. The average Bonchev–Trinajstić information content (AvgIpc) is 2.79. The molecule has 2 aliphatic heterocycles. The van der Waals surface area contributed by atoms with Gasteiger partial charge in [0.1, 0.15) is 0 Å². The van der Waals surface area contributed by atoms with Gasteiger partial charge in [-0.15, -0.1) is 0 Å². The standard InChI is InChI=1S/C22H26F2N4O2S/c1-2-17-14-28(21-25-10-3-11-26-21)15-22(30-17)8-12-27(13-9-22)19(29)16-4-6-18(7-5-16)31-20(23)24/h3-7,10-11,17,20H,2,8-9,12-15H2,1H3. The number of ether oxygens (including phenoxy) is 1. The summed E-state index contributed by atoms with van der Waals surface area (Å²) < 4.78 is 31.5. The molecule has 2 aliphatic rings. The van der Waals surface area contributed by atoms with Gasteiger partial charge >= 0.3 is 0 Å². The van der Waals surface area contributed by atoms with E-state index in [1.807, 2.05) is 4.90 Å². The maximum Gasteiger partial charge on any atom is 0.288 e. The minimum atomic E-state index is -2.47. The van der Waals surface area contributed by atoms with Crippen LogP contribution in [-0.2, 0) is 4.74 Å². The number of hydrogen-bond acceptors (Lipinski definition) is 6. The monoisotopic (exact) mass is 448 g/mol. The van der Waals surface area contributed by atoms with Gasteiger partial charge in [-0.2, -0.15) is 8.78 Å². The number of amides is 1. The first-order chi connectivity index (χ1) is 15.0. The lowest BCUT2D eigenvalue weighted by Crippen LogP contribution is -2.60. The third-order valence-electron chi connectivity index (χ3n) is 5.90. The Kier molecular flexibility index (Phi) is 6.71. The van der Waals surface area contributed by atoms with Crippen molar-refractivity contribution in [2.24, 2.45) is 0 Å². The van der Waals surface area contributed by atoms with E-state index < -0.39 is 5.76 Å². The van der Waals surface area contributed by atoms with Crippen LogP contribution in [0.1, 0.15) is 36.5 Å². The number of rotatable bonds is 5. The van der Waals surface area contributed by atoms with Gasteiger partial charge in [0.05, 0.1) is 18.2 Å². The fourth-order valence-corrected chi connectivity index (χ4v) is 4.76. The predicted molar refractivity (Wildman–Crippen MR) is 116 cm³/mol. The number of hydrogen-bond donors (Lipinski definition) is 0. The Labute approximate surface area is 185 Å². The van der Waals surface area contributed by atoms with Crippen LogP contribution in [0.25, 0.3) is 0 Å². The minimum absolute atomic E-state index is 0.0745. The number of morpholine rings is 1. The molecule has 6 nitrogen and oxygen atoms in total. The normalized spacial score (nSPS) is 21.0. The predicted octanol–water partition coefficient (Wildman–Crippen LogP) is 4.08. The number of alkyl halides is 2. The number of carbonyl (C=O) groups excluding carboxylic acids is 1. The third-order valence-corrected chi connectivity index (χ3v) is 6.62. The van der Waals surface area contributed by atoms with Crippen molar-refractivity contribution in [3.63, 3.8) is 0 Å². The second-order valence-electron chi connectivity index (χ2n) is 7.96. The summed E-state index contributed by atoms with van der Waals surface area (Å²) in [7, 11) is 0. The van der Waals surface area contributed by atoms with Crippen LogP contribution in [0.5, 0.6) is 0 Å². The lowest BCUT2D eigenvalue weighted by atomic mass is 9.88. The topological polar surface area (TPSA) is 58.6 Å². The molecular formula is C22H26F2N4O2S. The fraction of sp³-hybridized carbons (Fsp3) is 0.500. The van der Waals surface area contributed by atoms with E-state index in [-0.39, 0.29) is 17.6 Å². The lowest BCUT2D eigenvalue weighted by molar-refractivity contribution is -0.130. The maximum absolute atomic E-state index is 12.9. The van der Waals surface area contributed by atoms with E-state index in [0.717, 1.165) is 25.8 Å². The molecule has 9 heteroatoms. The molecule has 1 amide bonds. The van der Waals surface area contributed by atoms with Crippen LogP contribution in [0.4, 0.5) is 14.7 Å². The summed E-state index contributed by atoms with van der Waals surface area (Å²) in [5, 5.41) is 0. The maximum atomic E-state index is 12.9. The molecule has 1 unspecified atom stereocenters. The van der Waals surface area contributed by atoms with Crippen molar-refractivity contribution in [2.45, 2.75) is 48.5 Å². The first kappa shape index (κ1) is 22.0. The molecule has 0 bridgehead atoms. The van der Waals surface area contributed by atoms with Crippen LogP contribution in [0.3, 0.4) is 0 Å². The number of benzene rings is 1. The summed E-state index contributed by atoms with van der Waals surface area (Å²) in [5.74, 6) is -1.83. The molecule has 2 fully saturated rings. The van der Waals surface area contributed by atoms with Crippen molar-refractivity contribution < 1.29 is 18.3 Å². The van der Waals surface area contributed by atoms with Gasteiger partial charge in [-0.3, -0.25) is 4.79 Å². The third kappa shape index (κ3) is 5.15. The zero-order chi connectivity index (χ0) is 21.8. The summed E-state index contributed by atoms with van der Waals surface area (Å²) in [4.78, 5) is 26.2. The Morgan fingerprint density at radius 2 is 1.90 bits per heavy atom. The quantitative estimate of drug-likeness (QED) is 0.643. The van der Waals surface area contributed by atoms with Crippen molar-refractivity contribution in [1.29, 1.82) is 0 Å². The Morgan fingerprint density at radius 3 is 2.52 bits per heavy atom. The van der Waals surface area contributed by atoms with Crippen molar-refractivity contribution in [2.75, 3.05) is 31.1 Å². The van der Waals surface area contributed by atoms with Gasteiger partial charge in [-0.25, -0.2) is 9.97 Å². The number of anilines is 1. The van der Waals surface area contributed by atoms with E-state index in [2.05, 4.69) is 21.8 Å². The Bertz CT molecular complexity index is 877. The molecular weight excluding hydrogens is 422 g/mol. The van der Waals surface area contributed by atoms with Gasteiger partial charge in [0.25, 0.3) is 11.7 Å². The van der Waals surface area contributed by atoms with E-state index in [0.29, 0.717) is 47.8 Å². The minimum Gasteiger partial charge on any atom is -0.368 e. The number of nitrogens with zero attached hydrogens (tertiary/aromatic N) is 4. The zero-order valence-electron chi connectivity index (χ0n) is 17.4. The van der Waals surface area contributed by atoms with Crippen LogP contribution in [0.2, 0.25) is 0 Å². The van der Waals surface area contributed by atoms with Crippen LogP contribution in [0.15, 0.2) is 47.6 Å². The van der Waals surface area contributed by atoms with E-state index in [1.54, 1.807) is 42.7 Å².